The highest BCUT2D eigenvalue weighted by molar-refractivity contribution is 5.94. The zero-order valence-electron chi connectivity index (χ0n) is 14.1. The van der Waals surface area contributed by atoms with Crippen LogP contribution in [-0.2, 0) is 16.1 Å². The fourth-order valence-electron chi connectivity index (χ4n) is 2.63. The van der Waals surface area contributed by atoms with Gasteiger partial charge in [0.2, 0.25) is 0 Å². The van der Waals surface area contributed by atoms with Crippen LogP contribution in [0, 0.1) is 5.82 Å². The Morgan fingerprint density at radius 1 is 1.29 bits per heavy atom. The van der Waals surface area contributed by atoms with Crippen molar-refractivity contribution in [2.24, 2.45) is 0 Å². The molecule has 1 aliphatic heterocycles. The molecule has 7 heteroatoms. The number of halogens is 1. The van der Waals surface area contributed by atoms with Gasteiger partial charge in [0.05, 0.1) is 18.2 Å². The summed E-state index contributed by atoms with van der Waals surface area (Å²) in [4.78, 5) is 25.8. The second kappa shape index (κ2) is 7.92. The SMILES string of the molecule is CCOC(=O)C1=C(CN(C)Cc2ccc(F)cc2)NC(=O)N[C@@H]1C. The number of benzene rings is 1. The molecule has 1 atom stereocenters. The van der Waals surface area contributed by atoms with Gasteiger partial charge in [-0.1, -0.05) is 12.1 Å². The molecule has 0 aromatic heterocycles. The number of esters is 1. The number of urea groups is 1. The van der Waals surface area contributed by atoms with E-state index in [0.717, 1.165) is 5.56 Å². The zero-order chi connectivity index (χ0) is 17.7. The molecule has 1 aromatic rings. The number of carbonyl (C=O) groups is 2. The van der Waals surface area contributed by atoms with Gasteiger partial charge in [-0.15, -0.1) is 0 Å². The maximum atomic E-state index is 13.0. The number of ether oxygens (including phenoxy) is 1. The molecule has 0 aliphatic carbocycles. The molecule has 24 heavy (non-hydrogen) atoms. The maximum absolute atomic E-state index is 13.0. The second-order valence-electron chi connectivity index (χ2n) is 5.73. The predicted octanol–water partition coefficient (Wildman–Crippen LogP) is 1.78. The lowest BCUT2D eigenvalue weighted by atomic mass is 10.0. The average Bonchev–Trinajstić information content (AvgIpc) is 2.49. The first-order valence-corrected chi connectivity index (χ1v) is 7.81. The van der Waals surface area contributed by atoms with Gasteiger partial charge in [-0.25, -0.2) is 14.0 Å². The summed E-state index contributed by atoms with van der Waals surface area (Å²) >= 11 is 0. The highest BCUT2D eigenvalue weighted by atomic mass is 19.1. The van der Waals surface area contributed by atoms with Gasteiger partial charge in [-0.2, -0.15) is 0 Å². The molecular weight excluding hydrogens is 313 g/mol. The summed E-state index contributed by atoms with van der Waals surface area (Å²) in [5.41, 5.74) is 1.88. The minimum atomic E-state index is -0.442. The van der Waals surface area contributed by atoms with Crippen LogP contribution in [0.25, 0.3) is 0 Å². The largest absolute Gasteiger partial charge is 0.463 e. The Hall–Kier alpha value is -2.41. The lowest BCUT2D eigenvalue weighted by Gasteiger charge is -2.29. The molecule has 0 fully saturated rings. The van der Waals surface area contributed by atoms with E-state index < -0.39 is 12.0 Å². The number of rotatable bonds is 6. The molecule has 0 unspecified atom stereocenters. The first kappa shape index (κ1) is 17.9. The van der Waals surface area contributed by atoms with Gasteiger partial charge < -0.3 is 15.4 Å². The average molecular weight is 335 g/mol. The summed E-state index contributed by atoms with van der Waals surface area (Å²) in [5, 5.41) is 5.35. The van der Waals surface area contributed by atoms with E-state index in [1.165, 1.54) is 12.1 Å². The van der Waals surface area contributed by atoms with Crippen molar-refractivity contribution < 1.29 is 18.7 Å². The third-order valence-electron chi connectivity index (χ3n) is 3.66. The van der Waals surface area contributed by atoms with Crippen LogP contribution in [-0.4, -0.2) is 43.1 Å². The van der Waals surface area contributed by atoms with E-state index in [9.17, 15) is 14.0 Å². The van der Waals surface area contributed by atoms with E-state index in [1.54, 1.807) is 26.0 Å². The normalized spacial score (nSPS) is 17.5. The van der Waals surface area contributed by atoms with Gasteiger partial charge in [0.15, 0.2) is 0 Å². The molecule has 0 saturated carbocycles. The Bertz CT molecular complexity index is 643. The van der Waals surface area contributed by atoms with Gasteiger partial charge in [-0.3, -0.25) is 4.90 Å². The standard InChI is InChI=1S/C17H22FN3O3/c1-4-24-16(22)15-11(2)19-17(23)20-14(15)10-21(3)9-12-5-7-13(18)8-6-12/h5-8,11H,4,9-10H2,1-3H3,(H2,19,20,23)/t11-/m1/s1. The number of amides is 2. The van der Waals surface area contributed by atoms with Gasteiger partial charge in [0, 0.05) is 18.8 Å². The molecule has 2 amide bonds. The Balaban J connectivity index is 2.15. The monoisotopic (exact) mass is 335 g/mol. The van der Waals surface area contributed by atoms with E-state index in [-0.39, 0.29) is 18.5 Å². The summed E-state index contributed by atoms with van der Waals surface area (Å²) < 4.78 is 18.1. The summed E-state index contributed by atoms with van der Waals surface area (Å²) in [5.74, 6) is -0.726. The highest BCUT2D eigenvalue weighted by Gasteiger charge is 2.30. The highest BCUT2D eigenvalue weighted by Crippen LogP contribution is 2.16. The minimum absolute atomic E-state index is 0.266. The van der Waals surface area contributed by atoms with Crippen LogP contribution in [0.2, 0.25) is 0 Å². The number of hydrogen-bond acceptors (Lipinski definition) is 4. The molecule has 6 nitrogen and oxygen atoms in total. The Labute approximate surface area is 140 Å². The van der Waals surface area contributed by atoms with Crippen molar-refractivity contribution in [2.75, 3.05) is 20.2 Å². The quantitative estimate of drug-likeness (QED) is 0.778. The fraction of sp³-hybridized carbons (Fsp3) is 0.412. The Kier molecular flexibility index (Phi) is 5.92. The van der Waals surface area contributed by atoms with Gasteiger partial charge in [0.25, 0.3) is 0 Å². The van der Waals surface area contributed by atoms with Crippen LogP contribution < -0.4 is 10.6 Å². The summed E-state index contributed by atoms with van der Waals surface area (Å²) in [7, 11) is 1.86. The van der Waals surface area contributed by atoms with E-state index in [0.29, 0.717) is 24.4 Å². The van der Waals surface area contributed by atoms with Crippen LogP contribution in [0.4, 0.5) is 9.18 Å². The Morgan fingerprint density at radius 2 is 1.96 bits per heavy atom. The van der Waals surface area contributed by atoms with E-state index in [2.05, 4.69) is 10.6 Å². The Morgan fingerprint density at radius 3 is 2.58 bits per heavy atom. The summed E-state index contributed by atoms with van der Waals surface area (Å²) in [6.07, 6.45) is 0. The number of nitrogens with one attached hydrogen (secondary N) is 2. The second-order valence-corrected chi connectivity index (χ2v) is 5.73. The molecule has 2 N–H and O–H groups in total. The molecule has 1 aromatic carbocycles. The number of nitrogens with zero attached hydrogens (tertiary/aromatic N) is 1. The summed E-state index contributed by atoms with van der Waals surface area (Å²) in [6.45, 7) is 4.66. The maximum Gasteiger partial charge on any atom is 0.337 e. The van der Waals surface area contributed by atoms with Crippen molar-refractivity contribution >= 4 is 12.0 Å². The van der Waals surface area contributed by atoms with E-state index in [4.69, 9.17) is 4.74 Å². The van der Waals surface area contributed by atoms with Gasteiger partial charge in [-0.05, 0) is 38.6 Å². The van der Waals surface area contributed by atoms with Crippen LogP contribution in [0.5, 0.6) is 0 Å². The molecule has 0 radical (unpaired) electrons. The molecular formula is C17H22FN3O3. The van der Waals surface area contributed by atoms with Crippen LogP contribution in [0.15, 0.2) is 35.5 Å². The minimum Gasteiger partial charge on any atom is -0.463 e. The summed E-state index contributed by atoms with van der Waals surface area (Å²) in [6, 6.07) is 5.45. The third-order valence-corrected chi connectivity index (χ3v) is 3.66. The molecule has 1 heterocycles. The number of hydrogen-bond donors (Lipinski definition) is 2. The van der Waals surface area contributed by atoms with E-state index >= 15 is 0 Å². The van der Waals surface area contributed by atoms with Crippen molar-refractivity contribution in [2.45, 2.75) is 26.4 Å². The van der Waals surface area contributed by atoms with Crippen LogP contribution in [0.3, 0.4) is 0 Å². The molecule has 0 saturated heterocycles. The van der Waals surface area contributed by atoms with Gasteiger partial charge in [0.1, 0.15) is 5.82 Å². The zero-order valence-corrected chi connectivity index (χ0v) is 14.1. The molecule has 130 valence electrons. The lowest BCUT2D eigenvalue weighted by molar-refractivity contribution is -0.139. The van der Waals surface area contributed by atoms with Gasteiger partial charge >= 0.3 is 12.0 Å². The van der Waals surface area contributed by atoms with Crippen molar-refractivity contribution in [1.29, 1.82) is 0 Å². The van der Waals surface area contributed by atoms with Crippen LogP contribution in [0.1, 0.15) is 19.4 Å². The van der Waals surface area contributed by atoms with E-state index in [1.807, 2.05) is 11.9 Å². The van der Waals surface area contributed by atoms with Crippen molar-refractivity contribution in [3.63, 3.8) is 0 Å². The number of likely N-dealkylation sites (N-methyl/N-ethyl adjacent to an activating group) is 1. The fourth-order valence-corrected chi connectivity index (χ4v) is 2.63. The van der Waals surface area contributed by atoms with Crippen molar-refractivity contribution in [3.8, 4) is 0 Å². The molecule has 0 spiro atoms. The lowest BCUT2D eigenvalue weighted by Crippen LogP contribution is -2.51. The van der Waals surface area contributed by atoms with Crippen molar-refractivity contribution in [1.82, 2.24) is 15.5 Å². The molecule has 0 bridgehead atoms. The molecule has 1 aliphatic rings. The first-order valence-electron chi connectivity index (χ1n) is 7.81. The smallest absolute Gasteiger partial charge is 0.337 e. The third kappa shape index (κ3) is 4.55. The van der Waals surface area contributed by atoms with Crippen molar-refractivity contribution in [3.05, 3.63) is 46.9 Å². The predicted molar refractivity (Wildman–Crippen MR) is 87.5 cm³/mol. The van der Waals surface area contributed by atoms with Crippen LogP contribution >= 0.6 is 0 Å². The molecule has 2 rings (SSSR count). The topological polar surface area (TPSA) is 70.7 Å². The first-order chi connectivity index (χ1) is 11.4. The number of carbonyl (C=O) groups excluding carboxylic acids is 2.